The van der Waals surface area contributed by atoms with Crippen molar-refractivity contribution in [1.82, 2.24) is 4.90 Å². The SMILES string of the molecule is CC(C(=O)N1CCC(C)(CN)C1)c1cccc(F)c1.Cl. The largest absolute Gasteiger partial charge is 0.342 e. The molecule has 0 aliphatic carbocycles. The molecule has 2 unspecified atom stereocenters. The predicted octanol–water partition coefficient (Wildman–Crippen LogP) is 2.55. The number of halogens is 2. The number of carbonyl (C=O) groups is 1. The van der Waals surface area contributed by atoms with Gasteiger partial charge >= 0.3 is 0 Å². The maximum Gasteiger partial charge on any atom is 0.229 e. The number of rotatable bonds is 3. The molecule has 0 spiro atoms. The van der Waals surface area contributed by atoms with Crippen LogP contribution in [-0.4, -0.2) is 30.4 Å². The van der Waals surface area contributed by atoms with Gasteiger partial charge in [0.15, 0.2) is 0 Å². The minimum absolute atomic E-state index is 0. The van der Waals surface area contributed by atoms with E-state index >= 15 is 0 Å². The summed E-state index contributed by atoms with van der Waals surface area (Å²) in [7, 11) is 0. The van der Waals surface area contributed by atoms with Crippen molar-refractivity contribution < 1.29 is 9.18 Å². The van der Waals surface area contributed by atoms with Crippen molar-refractivity contribution in [1.29, 1.82) is 0 Å². The maximum atomic E-state index is 13.2. The fourth-order valence-corrected chi connectivity index (χ4v) is 2.57. The minimum Gasteiger partial charge on any atom is -0.342 e. The van der Waals surface area contributed by atoms with Crippen molar-refractivity contribution in [2.24, 2.45) is 11.1 Å². The van der Waals surface area contributed by atoms with Gasteiger partial charge in [-0.3, -0.25) is 4.79 Å². The third-order valence-corrected chi connectivity index (χ3v) is 4.08. The average Bonchev–Trinajstić information content (AvgIpc) is 2.80. The van der Waals surface area contributed by atoms with E-state index in [-0.39, 0.29) is 35.5 Å². The van der Waals surface area contributed by atoms with Crippen LogP contribution in [0, 0.1) is 11.2 Å². The zero-order valence-electron chi connectivity index (χ0n) is 11.9. The Kier molecular flexibility index (Phi) is 5.54. The van der Waals surface area contributed by atoms with Gasteiger partial charge < -0.3 is 10.6 Å². The first-order chi connectivity index (χ1) is 8.95. The highest BCUT2D eigenvalue weighted by Gasteiger charge is 2.36. The molecular weight excluding hydrogens is 279 g/mol. The molecule has 0 saturated carbocycles. The average molecular weight is 301 g/mol. The minimum atomic E-state index is -0.309. The number of amides is 1. The van der Waals surface area contributed by atoms with Gasteiger partial charge in [0, 0.05) is 13.1 Å². The zero-order valence-corrected chi connectivity index (χ0v) is 12.8. The molecule has 2 atom stereocenters. The molecule has 112 valence electrons. The molecule has 1 aromatic rings. The highest BCUT2D eigenvalue weighted by Crippen LogP contribution is 2.31. The van der Waals surface area contributed by atoms with Crippen LogP contribution in [0.1, 0.15) is 31.7 Å². The van der Waals surface area contributed by atoms with Crippen molar-refractivity contribution in [3.8, 4) is 0 Å². The lowest BCUT2D eigenvalue weighted by Crippen LogP contribution is -2.36. The van der Waals surface area contributed by atoms with Crippen LogP contribution in [0.3, 0.4) is 0 Å². The molecule has 1 heterocycles. The van der Waals surface area contributed by atoms with Crippen LogP contribution < -0.4 is 5.73 Å². The number of nitrogens with zero attached hydrogens (tertiary/aromatic N) is 1. The van der Waals surface area contributed by atoms with Crippen LogP contribution in [0.4, 0.5) is 4.39 Å². The molecule has 0 bridgehead atoms. The summed E-state index contributed by atoms with van der Waals surface area (Å²) >= 11 is 0. The summed E-state index contributed by atoms with van der Waals surface area (Å²) in [5, 5.41) is 0. The molecule has 0 aromatic heterocycles. The van der Waals surface area contributed by atoms with Crippen molar-refractivity contribution in [3.05, 3.63) is 35.6 Å². The Morgan fingerprint density at radius 1 is 1.55 bits per heavy atom. The third-order valence-electron chi connectivity index (χ3n) is 4.08. The van der Waals surface area contributed by atoms with Crippen LogP contribution in [0.2, 0.25) is 0 Å². The molecule has 5 heteroatoms. The van der Waals surface area contributed by atoms with E-state index in [1.165, 1.54) is 12.1 Å². The Morgan fingerprint density at radius 3 is 2.80 bits per heavy atom. The topological polar surface area (TPSA) is 46.3 Å². The Hall–Kier alpha value is -1.13. The van der Waals surface area contributed by atoms with E-state index in [2.05, 4.69) is 6.92 Å². The summed E-state index contributed by atoms with van der Waals surface area (Å²) in [6.07, 6.45) is 0.936. The van der Waals surface area contributed by atoms with Crippen molar-refractivity contribution in [3.63, 3.8) is 0 Å². The van der Waals surface area contributed by atoms with E-state index in [0.717, 1.165) is 18.5 Å². The monoisotopic (exact) mass is 300 g/mol. The van der Waals surface area contributed by atoms with E-state index in [0.29, 0.717) is 13.1 Å². The molecular formula is C15H22ClFN2O. The van der Waals surface area contributed by atoms with Crippen LogP contribution in [0.15, 0.2) is 24.3 Å². The summed E-state index contributed by atoms with van der Waals surface area (Å²) in [5.41, 5.74) is 6.50. The molecule has 1 aromatic carbocycles. The molecule has 20 heavy (non-hydrogen) atoms. The summed E-state index contributed by atoms with van der Waals surface area (Å²) < 4.78 is 13.2. The second-order valence-corrected chi connectivity index (χ2v) is 5.80. The maximum absolute atomic E-state index is 13.2. The second-order valence-electron chi connectivity index (χ2n) is 5.80. The smallest absolute Gasteiger partial charge is 0.229 e. The first-order valence-electron chi connectivity index (χ1n) is 6.69. The van der Waals surface area contributed by atoms with Gasteiger partial charge in [-0.25, -0.2) is 4.39 Å². The van der Waals surface area contributed by atoms with E-state index in [1.807, 2.05) is 11.8 Å². The molecule has 2 N–H and O–H groups in total. The quantitative estimate of drug-likeness (QED) is 0.932. The lowest BCUT2D eigenvalue weighted by atomic mass is 9.90. The number of likely N-dealkylation sites (tertiary alicyclic amines) is 1. The summed E-state index contributed by atoms with van der Waals surface area (Å²) in [5.74, 6) is -0.552. The normalized spacial score (nSPS) is 23.3. The Bertz CT molecular complexity index is 483. The highest BCUT2D eigenvalue weighted by atomic mass is 35.5. The number of hydrogen-bond acceptors (Lipinski definition) is 2. The molecule has 0 radical (unpaired) electrons. The molecule has 2 rings (SSSR count). The number of hydrogen-bond donors (Lipinski definition) is 1. The molecule has 3 nitrogen and oxygen atoms in total. The van der Waals surface area contributed by atoms with Gasteiger partial charge in [0.05, 0.1) is 5.92 Å². The number of benzene rings is 1. The van der Waals surface area contributed by atoms with Crippen LogP contribution in [0.5, 0.6) is 0 Å². The predicted molar refractivity (Wildman–Crippen MR) is 80.4 cm³/mol. The van der Waals surface area contributed by atoms with Crippen LogP contribution in [0.25, 0.3) is 0 Å². The highest BCUT2D eigenvalue weighted by molar-refractivity contribution is 5.85. The zero-order chi connectivity index (χ0) is 14.0. The molecule has 1 fully saturated rings. The van der Waals surface area contributed by atoms with Gasteiger partial charge in [-0.05, 0) is 43.0 Å². The third kappa shape index (κ3) is 3.49. The fraction of sp³-hybridized carbons (Fsp3) is 0.533. The van der Waals surface area contributed by atoms with Crippen LogP contribution in [-0.2, 0) is 4.79 Å². The Morgan fingerprint density at radius 2 is 2.25 bits per heavy atom. The van der Waals surface area contributed by atoms with Crippen molar-refractivity contribution in [2.75, 3.05) is 19.6 Å². The van der Waals surface area contributed by atoms with Gasteiger partial charge in [-0.2, -0.15) is 0 Å². The van der Waals surface area contributed by atoms with Gasteiger partial charge in [0.2, 0.25) is 5.91 Å². The molecule has 1 saturated heterocycles. The van der Waals surface area contributed by atoms with E-state index < -0.39 is 0 Å². The first kappa shape index (κ1) is 16.9. The van der Waals surface area contributed by atoms with Crippen LogP contribution >= 0.6 is 12.4 Å². The summed E-state index contributed by atoms with van der Waals surface area (Å²) in [4.78, 5) is 14.3. The van der Waals surface area contributed by atoms with E-state index in [9.17, 15) is 9.18 Å². The molecule has 1 aliphatic rings. The first-order valence-corrected chi connectivity index (χ1v) is 6.69. The van der Waals surface area contributed by atoms with Gasteiger partial charge in [-0.1, -0.05) is 19.1 Å². The Balaban J connectivity index is 0.00000200. The van der Waals surface area contributed by atoms with Gasteiger partial charge in [-0.15, -0.1) is 12.4 Å². The second kappa shape index (κ2) is 6.55. The number of nitrogens with two attached hydrogens (primary N) is 1. The summed E-state index contributed by atoms with van der Waals surface area (Å²) in [6.45, 7) is 5.96. The van der Waals surface area contributed by atoms with E-state index in [4.69, 9.17) is 5.73 Å². The van der Waals surface area contributed by atoms with Crippen molar-refractivity contribution >= 4 is 18.3 Å². The van der Waals surface area contributed by atoms with Gasteiger partial charge in [0.25, 0.3) is 0 Å². The lowest BCUT2D eigenvalue weighted by Gasteiger charge is -2.24. The molecule has 1 aliphatic heterocycles. The molecule has 1 amide bonds. The van der Waals surface area contributed by atoms with Gasteiger partial charge in [0.1, 0.15) is 5.82 Å². The summed E-state index contributed by atoms with van der Waals surface area (Å²) in [6, 6.07) is 6.26. The number of carbonyl (C=O) groups excluding carboxylic acids is 1. The fourth-order valence-electron chi connectivity index (χ4n) is 2.57. The lowest BCUT2D eigenvalue weighted by molar-refractivity contribution is -0.131. The van der Waals surface area contributed by atoms with Crippen molar-refractivity contribution in [2.45, 2.75) is 26.2 Å². The Labute approximate surface area is 125 Å². The standard InChI is InChI=1S/C15H21FN2O.ClH/c1-11(12-4-3-5-13(16)8-12)14(19)18-7-6-15(2,9-17)10-18;/h3-5,8,11H,6-7,9-10,17H2,1-2H3;1H. The van der Waals surface area contributed by atoms with E-state index in [1.54, 1.807) is 12.1 Å².